The van der Waals surface area contributed by atoms with Crippen LogP contribution in [0.5, 0.6) is 0 Å². The Morgan fingerprint density at radius 3 is 1.89 bits per heavy atom. The van der Waals surface area contributed by atoms with Crippen molar-refractivity contribution in [2.45, 2.75) is 0 Å². The van der Waals surface area contributed by atoms with Crippen LogP contribution in [-0.4, -0.2) is 19.1 Å². The van der Waals surface area contributed by atoms with Gasteiger partial charge in [0.05, 0.1) is 39.1 Å². The van der Waals surface area contributed by atoms with Crippen LogP contribution >= 0.6 is 0 Å². The third-order valence-corrected chi connectivity index (χ3v) is 12.5. The average Bonchev–Trinajstić information content (AvgIpc) is 3.83. The van der Waals surface area contributed by atoms with E-state index in [0.29, 0.717) is 0 Å². The van der Waals surface area contributed by atoms with Crippen LogP contribution in [0.3, 0.4) is 0 Å². The predicted octanol–water partition coefficient (Wildman–Crippen LogP) is 14.6. The van der Waals surface area contributed by atoms with E-state index >= 15 is 0 Å². The molecule has 0 aliphatic carbocycles. The molecule has 1 aliphatic heterocycles. The fraction of sp³-hybridized carbons (Fsp3) is 0. The lowest BCUT2D eigenvalue weighted by Gasteiger charge is -2.33. The normalized spacial score (nSPS) is 12.2. The van der Waals surface area contributed by atoms with Gasteiger partial charge in [-0.15, -0.1) is 0 Å². The van der Waals surface area contributed by atoms with Gasteiger partial charge in [0.2, 0.25) is 0 Å². The highest BCUT2D eigenvalue weighted by Gasteiger charge is 2.29. The molecule has 0 fully saturated rings. The highest BCUT2D eigenvalue weighted by atomic mass is 15.2. The van der Waals surface area contributed by atoms with Gasteiger partial charge in [0.25, 0.3) is 0 Å². The fourth-order valence-corrected chi connectivity index (χ4v) is 9.80. The average molecular weight is 778 g/mol. The van der Waals surface area contributed by atoms with E-state index in [1.54, 1.807) is 0 Å². The summed E-state index contributed by atoms with van der Waals surface area (Å²) in [4.78, 5) is 12.8. The van der Waals surface area contributed by atoms with Crippen LogP contribution < -0.4 is 4.90 Å². The summed E-state index contributed by atoms with van der Waals surface area (Å²) in [6.07, 6.45) is 1.87. The number of nitrogens with zero attached hydrogens (tertiary/aromatic N) is 5. The summed E-state index contributed by atoms with van der Waals surface area (Å²) in [5.74, 6) is 1.74. The molecule has 61 heavy (non-hydrogen) atoms. The molecule has 13 rings (SSSR count). The molecule has 5 nitrogen and oxygen atoms in total. The molecule has 0 bridgehead atoms. The molecule has 12 aromatic rings. The lowest BCUT2D eigenvalue weighted by molar-refractivity contribution is 1.08. The predicted molar refractivity (Wildman–Crippen MR) is 253 cm³/mol. The first kappa shape index (κ1) is 33.7. The van der Waals surface area contributed by atoms with E-state index in [4.69, 9.17) is 9.97 Å². The smallest absolute Gasteiger partial charge is 0.138 e. The summed E-state index contributed by atoms with van der Waals surface area (Å²) in [5.41, 5.74) is 14.6. The highest BCUT2D eigenvalue weighted by Crippen LogP contribution is 2.53. The quantitative estimate of drug-likeness (QED) is 0.175. The van der Waals surface area contributed by atoms with Crippen molar-refractivity contribution in [2.24, 2.45) is 0 Å². The molecule has 8 aromatic carbocycles. The Bertz CT molecular complexity index is 3690. The van der Waals surface area contributed by atoms with Crippen LogP contribution in [0.2, 0.25) is 0 Å². The molecule has 1 aliphatic rings. The van der Waals surface area contributed by atoms with Crippen LogP contribution in [0.4, 0.5) is 17.2 Å². The summed E-state index contributed by atoms with van der Waals surface area (Å²) in [6, 6.07) is 74.1. The summed E-state index contributed by atoms with van der Waals surface area (Å²) < 4.78 is 4.67. The Kier molecular flexibility index (Phi) is 7.24. The standard InChI is InChI=1S/C56H35N5/c1-3-14-36(15-4-1)38-27-29-50-44(32-38)46-34-45-42-21-11-16-37-17-12-24-51(56(37)42)61(52(45)35-53(46)60(50)54-25-9-10-31-57-54)55-26-13-22-47(58-55)39-28-30-49-43(33-39)41-20-7-8-23-48(41)59(49)40-18-5-2-6-19-40/h1-35H. The minimum atomic E-state index is 0.860. The molecular formula is C56H35N5. The highest BCUT2D eigenvalue weighted by molar-refractivity contribution is 6.19. The zero-order chi connectivity index (χ0) is 40.0. The van der Waals surface area contributed by atoms with Crippen molar-refractivity contribution in [3.05, 3.63) is 212 Å². The number of fused-ring (bicyclic) bond motifs is 8. The first-order valence-electron chi connectivity index (χ1n) is 20.7. The van der Waals surface area contributed by atoms with Gasteiger partial charge in [-0.2, -0.15) is 0 Å². The van der Waals surface area contributed by atoms with Gasteiger partial charge in [-0.05, 0) is 107 Å². The Labute approximate surface area is 351 Å². The SMILES string of the molecule is c1ccc(-c2ccc3c(c2)c2cc4c(cc2n3-c2ccccn2)N(c2cccc(-c3ccc5c(c3)c3ccccc3n5-c3ccccc3)n2)c2cccc3cccc-4c23)cc1. The van der Waals surface area contributed by atoms with Gasteiger partial charge in [0, 0.05) is 49.9 Å². The largest absolute Gasteiger partial charge is 0.309 e. The van der Waals surface area contributed by atoms with E-state index < -0.39 is 0 Å². The molecule has 0 N–H and O–H groups in total. The molecule has 5 heterocycles. The van der Waals surface area contributed by atoms with Gasteiger partial charge in [-0.25, -0.2) is 9.97 Å². The second kappa shape index (κ2) is 13.1. The summed E-state index contributed by atoms with van der Waals surface area (Å²) >= 11 is 0. The lowest BCUT2D eigenvalue weighted by atomic mass is 9.90. The third kappa shape index (κ3) is 5.08. The molecule has 0 unspecified atom stereocenters. The second-order valence-corrected chi connectivity index (χ2v) is 15.8. The molecule has 0 spiro atoms. The number of aromatic nitrogens is 4. The monoisotopic (exact) mass is 777 g/mol. The molecule has 0 radical (unpaired) electrons. The van der Waals surface area contributed by atoms with E-state index in [0.717, 1.165) is 51.0 Å². The van der Waals surface area contributed by atoms with Crippen LogP contribution in [0.1, 0.15) is 0 Å². The lowest BCUT2D eigenvalue weighted by Crippen LogP contribution is -2.16. The number of pyridine rings is 2. The van der Waals surface area contributed by atoms with Gasteiger partial charge in [-0.1, -0.05) is 121 Å². The molecule has 0 amide bonds. The molecule has 0 saturated heterocycles. The van der Waals surface area contributed by atoms with Crippen molar-refractivity contribution in [1.29, 1.82) is 0 Å². The fourth-order valence-electron chi connectivity index (χ4n) is 9.80. The number of anilines is 3. The van der Waals surface area contributed by atoms with Crippen LogP contribution in [-0.2, 0) is 0 Å². The molecule has 5 heteroatoms. The van der Waals surface area contributed by atoms with Crippen LogP contribution in [0, 0.1) is 0 Å². The number of para-hydroxylation sites is 2. The number of hydrogen-bond donors (Lipinski definition) is 0. The van der Waals surface area contributed by atoms with Gasteiger partial charge >= 0.3 is 0 Å². The summed E-state index contributed by atoms with van der Waals surface area (Å²) in [7, 11) is 0. The number of hydrogen-bond acceptors (Lipinski definition) is 3. The van der Waals surface area contributed by atoms with Gasteiger partial charge in [-0.3, -0.25) is 9.47 Å². The van der Waals surface area contributed by atoms with Crippen molar-refractivity contribution in [3.63, 3.8) is 0 Å². The van der Waals surface area contributed by atoms with Gasteiger partial charge in [0.15, 0.2) is 0 Å². The van der Waals surface area contributed by atoms with Crippen molar-refractivity contribution in [2.75, 3.05) is 4.90 Å². The van der Waals surface area contributed by atoms with Gasteiger partial charge in [0.1, 0.15) is 11.6 Å². The van der Waals surface area contributed by atoms with E-state index in [9.17, 15) is 0 Å². The van der Waals surface area contributed by atoms with E-state index in [1.165, 1.54) is 65.6 Å². The Balaban J connectivity index is 1.04. The van der Waals surface area contributed by atoms with Crippen molar-refractivity contribution in [3.8, 4) is 45.0 Å². The molecule has 0 saturated carbocycles. The minimum absolute atomic E-state index is 0.860. The zero-order valence-electron chi connectivity index (χ0n) is 32.9. The maximum atomic E-state index is 5.53. The molecule has 284 valence electrons. The minimum Gasteiger partial charge on any atom is -0.309 e. The topological polar surface area (TPSA) is 38.9 Å². The second-order valence-electron chi connectivity index (χ2n) is 15.8. The van der Waals surface area contributed by atoms with Crippen LogP contribution in [0.15, 0.2) is 212 Å². The van der Waals surface area contributed by atoms with Gasteiger partial charge < -0.3 is 4.57 Å². The van der Waals surface area contributed by atoms with Crippen LogP contribution in [0.25, 0.3) is 99.4 Å². The van der Waals surface area contributed by atoms with Crippen molar-refractivity contribution < 1.29 is 0 Å². The van der Waals surface area contributed by atoms with E-state index in [2.05, 4.69) is 214 Å². The van der Waals surface area contributed by atoms with Crippen molar-refractivity contribution in [1.82, 2.24) is 19.1 Å². The Morgan fingerprint density at radius 1 is 0.361 bits per heavy atom. The Hall–Kier alpha value is -8.28. The zero-order valence-corrected chi connectivity index (χ0v) is 32.9. The van der Waals surface area contributed by atoms with E-state index in [1.807, 2.05) is 12.3 Å². The number of benzene rings is 8. The maximum Gasteiger partial charge on any atom is 0.138 e. The Morgan fingerprint density at radius 2 is 1.03 bits per heavy atom. The van der Waals surface area contributed by atoms with E-state index in [-0.39, 0.29) is 0 Å². The number of rotatable bonds is 5. The molecule has 0 atom stereocenters. The summed E-state index contributed by atoms with van der Waals surface area (Å²) in [5, 5.41) is 7.20. The first-order chi connectivity index (χ1) is 30.3. The third-order valence-electron chi connectivity index (χ3n) is 12.5. The summed E-state index contributed by atoms with van der Waals surface area (Å²) in [6.45, 7) is 0. The first-order valence-corrected chi connectivity index (χ1v) is 20.7. The molecule has 4 aromatic heterocycles. The maximum absolute atomic E-state index is 5.53. The molecular weight excluding hydrogens is 743 g/mol. The van der Waals surface area contributed by atoms with Crippen molar-refractivity contribution >= 4 is 71.6 Å².